The minimum absolute atomic E-state index is 0.525. The average Bonchev–Trinajstić information content (AvgIpc) is 3.21. The number of benzene rings is 5. The average molecular weight is 502 g/mol. The fraction of sp³-hybridized carbons (Fsp3) is 0.0526. The maximum atomic E-state index is 4.56. The Morgan fingerprint density at radius 1 is 0.590 bits per heavy atom. The molecule has 1 heteroatoms. The van der Waals surface area contributed by atoms with Gasteiger partial charge in [0.1, 0.15) is 0 Å². The molecule has 0 fully saturated rings. The molecule has 188 valence electrons. The van der Waals surface area contributed by atoms with Crippen molar-refractivity contribution in [2.75, 3.05) is 4.90 Å². The second-order valence-corrected chi connectivity index (χ2v) is 10.2. The van der Waals surface area contributed by atoms with Crippen LogP contribution in [0.1, 0.15) is 23.6 Å². The predicted octanol–water partition coefficient (Wildman–Crippen LogP) is 10.3. The molecule has 5 aromatic rings. The number of hydrogen-bond donors (Lipinski definition) is 0. The van der Waals surface area contributed by atoms with Gasteiger partial charge in [0.25, 0.3) is 0 Å². The molecule has 0 aromatic heterocycles. The van der Waals surface area contributed by atoms with Gasteiger partial charge in [-0.1, -0.05) is 122 Å². The van der Waals surface area contributed by atoms with E-state index in [9.17, 15) is 0 Å². The van der Waals surface area contributed by atoms with Gasteiger partial charge in [-0.3, -0.25) is 0 Å². The van der Waals surface area contributed by atoms with Crippen molar-refractivity contribution in [1.29, 1.82) is 0 Å². The summed E-state index contributed by atoms with van der Waals surface area (Å²) in [5.41, 5.74) is 11.6. The lowest BCUT2D eigenvalue weighted by Crippen LogP contribution is -2.28. The first-order valence-corrected chi connectivity index (χ1v) is 13.3. The Morgan fingerprint density at radius 2 is 1.10 bits per heavy atom. The van der Waals surface area contributed by atoms with Crippen molar-refractivity contribution in [2.45, 2.75) is 12.3 Å². The van der Waals surface area contributed by atoms with Crippen LogP contribution in [-0.4, -0.2) is 0 Å². The van der Waals surface area contributed by atoms with Gasteiger partial charge in [-0.25, -0.2) is 0 Å². The van der Waals surface area contributed by atoms with E-state index in [1.54, 1.807) is 0 Å². The van der Waals surface area contributed by atoms with Crippen molar-refractivity contribution in [3.8, 4) is 11.1 Å². The number of para-hydroxylation sites is 1. The van der Waals surface area contributed by atoms with Gasteiger partial charge in [-0.15, -0.1) is 0 Å². The summed E-state index contributed by atoms with van der Waals surface area (Å²) in [7, 11) is 0. The minimum atomic E-state index is -0.525. The van der Waals surface area contributed by atoms with E-state index in [2.05, 4.69) is 159 Å². The number of allylic oxidation sites excluding steroid dienone is 3. The zero-order valence-corrected chi connectivity index (χ0v) is 22.3. The van der Waals surface area contributed by atoms with Crippen molar-refractivity contribution in [3.05, 3.63) is 181 Å². The van der Waals surface area contributed by atoms with Crippen LogP contribution in [0.4, 0.5) is 17.1 Å². The van der Waals surface area contributed by atoms with Crippen LogP contribution in [-0.2, 0) is 5.41 Å². The van der Waals surface area contributed by atoms with Gasteiger partial charge in [0.2, 0.25) is 0 Å². The molecule has 0 aliphatic heterocycles. The third-order valence-corrected chi connectivity index (χ3v) is 7.90. The molecule has 1 aliphatic carbocycles. The van der Waals surface area contributed by atoms with Gasteiger partial charge in [0.05, 0.1) is 5.41 Å². The fourth-order valence-corrected chi connectivity index (χ4v) is 6.01. The number of rotatable bonds is 6. The van der Waals surface area contributed by atoms with E-state index in [0.717, 1.165) is 44.9 Å². The van der Waals surface area contributed by atoms with Crippen LogP contribution in [0.5, 0.6) is 0 Å². The van der Waals surface area contributed by atoms with Gasteiger partial charge < -0.3 is 4.90 Å². The molecule has 0 bridgehead atoms. The Labute approximate surface area is 231 Å². The summed E-state index contributed by atoms with van der Waals surface area (Å²) >= 11 is 0. The summed E-state index contributed by atoms with van der Waals surface area (Å²) in [5, 5.41) is 0. The van der Waals surface area contributed by atoms with Crippen molar-refractivity contribution in [3.63, 3.8) is 0 Å². The summed E-state index contributed by atoms with van der Waals surface area (Å²) in [6.07, 6.45) is 0. The fourth-order valence-electron chi connectivity index (χ4n) is 6.01. The molecular weight excluding hydrogens is 470 g/mol. The van der Waals surface area contributed by atoms with Gasteiger partial charge in [0, 0.05) is 17.1 Å². The summed E-state index contributed by atoms with van der Waals surface area (Å²) in [5.74, 6) is 0. The van der Waals surface area contributed by atoms with Crippen LogP contribution in [0, 0.1) is 0 Å². The zero-order valence-electron chi connectivity index (χ0n) is 22.3. The van der Waals surface area contributed by atoms with Gasteiger partial charge in [-0.05, 0) is 82.3 Å². The molecule has 6 rings (SSSR count). The Morgan fingerprint density at radius 3 is 1.72 bits per heavy atom. The molecule has 0 N–H and O–H groups in total. The smallest absolute Gasteiger partial charge is 0.0663 e. The maximum absolute atomic E-state index is 4.56. The summed E-state index contributed by atoms with van der Waals surface area (Å²) in [6.45, 7) is 15.6. The number of hydrogen-bond acceptors (Lipinski definition) is 1. The van der Waals surface area contributed by atoms with Crippen molar-refractivity contribution in [2.24, 2.45) is 0 Å². The lowest BCUT2D eigenvalue weighted by atomic mass is 9.68. The monoisotopic (exact) mass is 501 g/mol. The van der Waals surface area contributed by atoms with Crippen LogP contribution in [0.15, 0.2) is 164 Å². The molecule has 0 saturated carbocycles. The Kier molecular flexibility index (Phi) is 6.13. The third-order valence-electron chi connectivity index (χ3n) is 7.90. The predicted molar refractivity (Wildman–Crippen MR) is 167 cm³/mol. The van der Waals surface area contributed by atoms with E-state index < -0.39 is 5.41 Å². The standard InChI is InChI=1S/C38H31N/c1-27(2)38(32-16-10-6-11-17-32)29(4)28(3)36-25-24-35(26-37(36)38)39(33-18-12-7-13-19-33)34-22-20-31(21-23-34)30-14-8-5-9-15-30/h5-26H,1,3-4H2,2H3. The largest absolute Gasteiger partial charge is 0.310 e. The first-order valence-electron chi connectivity index (χ1n) is 13.3. The Hall–Kier alpha value is -4.88. The van der Waals surface area contributed by atoms with Crippen LogP contribution >= 0.6 is 0 Å². The lowest BCUT2D eigenvalue weighted by Gasteiger charge is -2.34. The highest BCUT2D eigenvalue weighted by Crippen LogP contribution is 2.56. The van der Waals surface area contributed by atoms with E-state index in [1.165, 1.54) is 16.7 Å². The van der Waals surface area contributed by atoms with E-state index in [0.29, 0.717) is 0 Å². The third kappa shape index (κ3) is 3.95. The highest BCUT2D eigenvalue weighted by Gasteiger charge is 2.46. The highest BCUT2D eigenvalue weighted by atomic mass is 15.1. The number of anilines is 3. The van der Waals surface area contributed by atoms with E-state index in [4.69, 9.17) is 0 Å². The molecule has 0 saturated heterocycles. The van der Waals surface area contributed by atoms with Gasteiger partial charge in [0.15, 0.2) is 0 Å². The molecule has 1 atom stereocenters. The SMILES string of the molecule is C=C1C(=C)C(C(=C)C)(c2ccccc2)c2cc(N(c3ccccc3)c3ccc(-c4ccccc4)cc3)ccc21. The van der Waals surface area contributed by atoms with Crippen LogP contribution in [0.3, 0.4) is 0 Å². The molecular formula is C38H31N. The van der Waals surface area contributed by atoms with E-state index >= 15 is 0 Å². The Bertz CT molecular complexity index is 1680. The lowest BCUT2D eigenvalue weighted by molar-refractivity contribution is 0.753. The van der Waals surface area contributed by atoms with Gasteiger partial charge in [-0.2, -0.15) is 0 Å². The number of nitrogens with zero attached hydrogens (tertiary/aromatic N) is 1. The maximum Gasteiger partial charge on any atom is 0.0663 e. The summed E-state index contributed by atoms with van der Waals surface area (Å²) in [6, 6.07) is 47.1. The molecule has 1 aliphatic rings. The highest BCUT2D eigenvalue weighted by molar-refractivity contribution is 5.94. The molecule has 39 heavy (non-hydrogen) atoms. The van der Waals surface area contributed by atoms with Crippen molar-refractivity contribution in [1.82, 2.24) is 0 Å². The van der Waals surface area contributed by atoms with Crippen molar-refractivity contribution >= 4 is 22.6 Å². The molecule has 0 amide bonds. The topological polar surface area (TPSA) is 3.24 Å². The molecule has 1 unspecified atom stereocenters. The Balaban J connectivity index is 1.53. The van der Waals surface area contributed by atoms with E-state index in [1.807, 2.05) is 6.07 Å². The molecule has 0 spiro atoms. The quantitative estimate of drug-likeness (QED) is 0.209. The zero-order chi connectivity index (χ0) is 27.0. The van der Waals surface area contributed by atoms with Crippen LogP contribution < -0.4 is 4.90 Å². The van der Waals surface area contributed by atoms with Crippen molar-refractivity contribution < 1.29 is 0 Å². The normalized spacial score (nSPS) is 16.1. The second kappa shape index (κ2) is 9.78. The molecule has 5 aromatic carbocycles. The summed E-state index contributed by atoms with van der Waals surface area (Å²) < 4.78 is 0. The van der Waals surface area contributed by atoms with Crippen LogP contribution in [0.25, 0.3) is 16.7 Å². The molecule has 0 heterocycles. The van der Waals surface area contributed by atoms with Crippen LogP contribution in [0.2, 0.25) is 0 Å². The first-order chi connectivity index (χ1) is 19.0. The molecule has 1 nitrogen and oxygen atoms in total. The van der Waals surface area contributed by atoms with E-state index in [-0.39, 0.29) is 0 Å². The summed E-state index contributed by atoms with van der Waals surface area (Å²) in [4.78, 5) is 2.31. The second-order valence-electron chi connectivity index (χ2n) is 10.2. The number of fused-ring (bicyclic) bond motifs is 1. The van der Waals surface area contributed by atoms with Gasteiger partial charge >= 0.3 is 0 Å². The minimum Gasteiger partial charge on any atom is -0.310 e. The molecule has 0 radical (unpaired) electrons. The first kappa shape index (κ1) is 24.5.